The van der Waals surface area contributed by atoms with Gasteiger partial charge < -0.3 is 11.1 Å². The van der Waals surface area contributed by atoms with Crippen molar-refractivity contribution in [3.05, 3.63) is 29.3 Å². The van der Waals surface area contributed by atoms with Crippen molar-refractivity contribution in [3.8, 4) is 0 Å². The summed E-state index contributed by atoms with van der Waals surface area (Å²) in [6.07, 6.45) is -1.12. The zero-order valence-corrected chi connectivity index (χ0v) is 11.9. The SMILES string of the molecule is CCCC1CC1Nc1ccc(C(F)(F)F)c(C(N)=S)c1. The van der Waals surface area contributed by atoms with Crippen LogP contribution in [0.3, 0.4) is 0 Å². The summed E-state index contributed by atoms with van der Waals surface area (Å²) in [5.74, 6) is 0.621. The van der Waals surface area contributed by atoms with Crippen molar-refractivity contribution in [3.63, 3.8) is 0 Å². The minimum absolute atomic E-state index is 0.120. The molecule has 1 aromatic rings. The van der Waals surface area contributed by atoms with E-state index in [1.165, 1.54) is 12.1 Å². The molecule has 0 aromatic heterocycles. The third-order valence-corrected chi connectivity index (χ3v) is 3.74. The summed E-state index contributed by atoms with van der Waals surface area (Å²) in [5.41, 5.74) is 5.15. The van der Waals surface area contributed by atoms with E-state index in [1.54, 1.807) is 0 Å². The molecule has 0 heterocycles. The van der Waals surface area contributed by atoms with Crippen LogP contribution in [-0.2, 0) is 6.18 Å². The summed E-state index contributed by atoms with van der Waals surface area (Å²) in [6.45, 7) is 2.12. The Morgan fingerprint density at radius 2 is 2.15 bits per heavy atom. The van der Waals surface area contributed by atoms with Gasteiger partial charge in [-0.1, -0.05) is 25.6 Å². The lowest BCUT2D eigenvalue weighted by molar-refractivity contribution is -0.137. The lowest BCUT2D eigenvalue weighted by Crippen LogP contribution is -2.18. The molecule has 1 saturated carbocycles. The second-order valence-corrected chi connectivity index (χ2v) is 5.60. The van der Waals surface area contributed by atoms with Crippen LogP contribution in [-0.4, -0.2) is 11.0 Å². The molecule has 1 aliphatic carbocycles. The first-order valence-electron chi connectivity index (χ1n) is 6.60. The van der Waals surface area contributed by atoms with Crippen LogP contribution in [0.4, 0.5) is 18.9 Å². The summed E-state index contributed by atoms with van der Waals surface area (Å²) in [6, 6.07) is 4.22. The zero-order valence-electron chi connectivity index (χ0n) is 11.1. The molecule has 0 aliphatic heterocycles. The third-order valence-electron chi connectivity index (χ3n) is 3.52. The van der Waals surface area contributed by atoms with Crippen molar-refractivity contribution in [2.45, 2.75) is 38.4 Å². The molecular formula is C14H17F3N2S. The van der Waals surface area contributed by atoms with Gasteiger partial charge >= 0.3 is 6.18 Å². The van der Waals surface area contributed by atoms with Gasteiger partial charge in [-0.15, -0.1) is 0 Å². The molecule has 0 spiro atoms. The Bertz CT molecular complexity index is 514. The van der Waals surface area contributed by atoms with Crippen LogP contribution in [0.1, 0.15) is 37.3 Å². The molecule has 1 aliphatic rings. The molecule has 2 unspecified atom stereocenters. The van der Waals surface area contributed by atoms with E-state index in [0.717, 1.165) is 25.3 Å². The number of hydrogen-bond acceptors (Lipinski definition) is 2. The highest BCUT2D eigenvalue weighted by molar-refractivity contribution is 7.80. The predicted octanol–water partition coefficient (Wildman–Crippen LogP) is 3.94. The van der Waals surface area contributed by atoms with Gasteiger partial charge in [-0.3, -0.25) is 0 Å². The Labute approximate surface area is 121 Å². The van der Waals surface area contributed by atoms with E-state index in [9.17, 15) is 13.2 Å². The Morgan fingerprint density at radius 1 is 1.45 bits per heavy atom. The van der Waals surface area contributed by atoms with Gasteiger partial charge in [0.2, 0.25) is 0 Å². The first kappa shape index (κ1) is 15.1. The number of thiocarbonyl (C=S) groups is 1. The van der Waals surface area contributed by atoms with Crippen molar-refractivity contribution in [1.29, 1.82) is 0 Å². The van der Waals surface area contributed by atoms with Crippen LogP contribution in [0.5, 0.6) is 0 Å². The molecule has 20 heavy (non-hydrogen) atoms. The smallest absolute Gasteiger partial charge is 0.389 e. The lowest BCUT2D eigenvalue weighted by Gasteiger charge is -2.14. The first-order valence-corrected chi connectivity index (χ1v) is 7.01. The summed E-state index contributed by atoms with van der Waals surface area (Å²) < 4.78 is 38.5. The van der Waals surface area contributed by atoms with Gasteiger partial charge in [-0.25, -0.2) is 0 Å². The maximum Gasteiger partial charge on any atom is 0.417 e. The van der Waals surface area contributed by atoms with E-state index < -0.39 is 11.7 Å². The van der Waals surface area contributed by atoms with Crippen molar-refractivity contribution in [2.24, 2.45) is 11.7 Å². The summed E-state index contributed by atoms with van der Waals surface area (Å²) >= 11 is 4.72. The van der Waals surface area contributed by atoms with Crippen LogP contribution in [0, 0.1) is 5.92 Å². The van der Waals surface area contributed by atoms with Gasteiger partial charge in [-0.05, 0) is 37.0 Å². The summed E-state index contributed by atoms with van der Waals surface area (Å²) in [4.78, 5) is -0.234. The maximum atomic E-state index is 12.8. The number of benzene rings is 1. The highest BCUT2D eigenvalue weighted by Gasteiger charge is 2.37. The Morgan fingerprint density at radius 3 is 2.70 bits per heavy atom. The van der Waals surface area contributed by atoms with Crippen molar-refractivity contribution in [2.75, 3.05) is 5.32 Å². The average molecular weight is 302 g/mol. The van der Waals surface area contributed by atoms with Gasteiger partial charge in [0, 0.05) is 17.3 Å². The molecule has 1 aromatic carbocycles. The maximum absolute atomic E-state index is 12.8. The predicted molar refractivity (Wildman–Crippen MR) is 77.8 cm³/mol. The fourth-order valence-corrected chi connectivity index (χ4v) is 2.58. The molecule has 0 bridgehead atoms. The lowest BCUT2D eigenvalue weighted by atomic mass is 10.1. The van der Waals surface area contributed by atoms with Crippen molar-refractivity contribution < 1.29 is 13.2 Å². The standard InChI is InChI=1S/C14H17F3N2S/c1-2-3-8-6-12(8)19-9-4-5-11(14(15,16)17)10(7-9)13(18)20/h4-5,7-8,12,19H,2-3,6H2,1H3,(H2,18,20). The molecule has 1 fully saturated rings. The normalized spacial score (nSPS) is 21.6. The summed E-state index contributed by atoms with van der Waals surface area (Å²) in [5, 5.41) is 3.24. The second kappa shape index (κ2) is 5.60. The first-order chi connectivity index (χ1) is 9.32. The molecule has 0 amide bonds. The number of hydrogen-bond donors (Lipinski definition) is 2. The van der Waals surface area contributed by atoms with Gasteiger partial charge in [0.15, 0.2) is 0 Å². The number of anilines is 1. The van der Waals surface area contributed by atoms with E-state index in [2.05, 4.69) is 12.2 Å². The van der Waals surface area contributed by atoms with E-state index >= 15 is 0 Å². The Hall–Kier alpha value is -1.30. The number of rotatable bonds is 5. The third kappa shape index (κ3) is 3.42. The van der Waals surface area contributed by atoms with Gasteiger partial charge in [0.25, 0.3) is 0 Å². The molecular weight excluding hydrogens is 285 g/mol. The zero-order chi connectivity index (χ0) is 14.9. The molecule has 2 nitrogen and oxygen atoms in total. The van der Waals surface area contributed by atoms with Crippen molar-refractivity contribution in [1.82, 2.24) is 0 Å². The van der Waals surface area contributed by atoms with E-state index in [1.807, 2.05) is 0 Å². The minimum atomic E-state index is -4.44. The second-order valence-electron chi connectivity index (χ2n) is 5.16. The minimum Gasteiger partial charge on any atom is -0.389 e. The van der Waals surface area contributed by atoms with Crippen LogP contribution < -0.4 is 11.1 Å². The summed E-state index contributed by atoms with van der Waals surface area (Å²) in [7, 11) is 0. The van der Waals surface area contributed by atoms with E-state index in [-0.39, 0.29) is 10.6 Å². The number of nitrogens with two attached hydrogens (primary N) is 1. The van der Waals surface area contributed by atoms with E-state index in [0.29, 0.717) is 17.6 Å². The average Bonchev–Trinajstić information content (AvgIpc) is 3.06. The van der Waals surface area contributed by atoms with Crippen LogP contribution in [0.15, 0.2) is 18.2 Å². The highest BCUT2D eigenvalue weighted by atomic mass is 32.1. The fourth-order valence-electron chi connectivity index (χ4n) is 2.41. The molecule has 3 N–H and O–H groups in total. The topological polar surface area (TPSA) is 38.0 Å². The number of nitrogens with one attached hydrogen (secondary N) is 1. The fraction of sp³-hybridized carbons (Fsp3) is 0.500. The largest absolute Gasteiger partial charge is 0.417 e. The molecule has 2 rings (SSSR count). The van der Waals surface area contributed by atoms with Crippen molar-refractivity contribution >= 4 is 22.9 Å². The van der Waals surface area contributed by atoms with Gasteiger partial charge in [0.1, 0.15) is 4.99 Å². The van der Waals surface area contributed by atoms with Crippen LogP contribution in [0.2, 0.25) is 0 Å². The number of alkyl halides is 3. The molecule has 0 saturated heterocycles. The molecule has 110 valence electrons. The van der Waals surface area contributed by atoms with Gasteiger partial charge in [-0.2, -0.15) is 13.2 Å². The number of halogens is 3. The van der Waals surface area contributed by atoms with E-state index in [4.69, 9.17) is 18.0 Å². The van der Waals surface area contributed by atoms with Crippen LogP contribution >= 0.6 is 12.2 Å². The molecule has 6 heteroatoms. The highest BCUT2D eigenvalue weighted by Crippen LogP contribution is 2.38. The quantitative estimate of drug-likeness (QED) is 0.809. The van der Waals surface area contributed by atoms with Gasteiger partial charge in [0.05, 0.1) is 5.56 Å². The van der Waals surface area contributed by atoms with Crippen LogP contribution in [0.25, 0.3) is 0 Å². The molecule has 0 radical (unpaired) electrons. The Kier molecular flexibility index (Phi) is 4.22. The molecule has 2 atom stereocenters. The monoisotopic (exact) mass is 302 g/mol. The Balaban J connectivity index is 2.17.